The minimum atomic E-state index is -2.92. The molecule has 128 valence electrons. The highest BCUT2D eigenvalue weighted by atomic mass is 32.2. The van der Waals surface area contributed by atoms with Gasteiger partial charge in [0.25, 0.3) is 0 Å². The monoisotopic (exact) mass is 347 g/mol. The van der Waals surface area contributed by atoms with Crippen LogP contribution in [0.4, 0.5) is 0 Å². The zero-order chi connectivity index (χ0) is 16.6. The standard InChI is InChI=1S/C17H21N3O3S/c21-24(22)9-1-2-15(12-24)16-11-20(19-18-16)7-5-13-3-4-17-14(10-13)6-8-23-17/h3-4,10-11,15H,1-2,5-9,12H2. The lowest BCUT2D eigenvalue weighted by Gasteiger charge is -2.19. The number of aromatic nitrogens is 3. The number of rotatable bonds is 4. The Labute approximate surface area is 141 Å². The van der Waals surface area contributed by atoms with Crippen molar-refractivity contribution in [3.8, 4) is 5.75 Å². The Hall–Kier alpha value is -1.89. The van der Waals surface area contributed by atoms with E-state index in [0.29, 0.717) is 5.75 Å². The van der Waals surface area contributed by atoms with Crippen molar-refractivity contribution in [2.24, 2.45) is 0 Å². The molecule has 1 aromatic carbocycles. The van der Waals surface area contributed by atoms with Gasteiger partial charge in [-0.3, -0.25) is 4.68 Å². The van der Waals surface area contributed by atoms with Gasteiger partial charge in [0, 0.05) is 25.1 Å². The molecule has 1 fully saturated rings. The van der Waals surface area contributed by atoms with Crippen LogP contribution in [0.25, 0.3) is 0 Å². The Bertz CT molecular complexity index is 845. The zero-order valence-electron chi connectivity index (χ0n) is 13.5. The molecular formula is C17H21N3O3S. The number of benzene rings is 1. The fourth-order valence-corrected chi connectivity index (χ4v) is 5.23. The number of hydrogen-bond acceptors (Lipinski definition) is 5. The van der Waals surface area contributed by atoms with Crippen molar-refractivity contribution in [2.75, 3.05) is 18.1 Å². The van der Waals surface area contributed by atoms with Crippen LogP contribution in [-0.2, 0) is 29.2 Å². The fourth-order valence-electron chi connectivity index (χ4n) is 3.50. The lowest BCUT2D eigenvalue weighted by molar-refractivity contribution is 0.357. The van der Waals surface area contributed by atoms with Crippen LogP contribution in [0.5, 0.6) is 5.75 Å². The van der Waals surface area contributed by atoms with Crippen LogP contribution in [0.3, 0.4) is 0 Å². The van der Waals surface area contributed by atoms with Crippen molar-refractivity contribution in [3.05, 3.63) is 41.2 Å². The molecule has 2 aromatic rings. The highest BCUT2D eigenvalue weighted by Crippen LogP contribution is 2.27. The van der Waals surface area contributed by atoms with Crippen molar-refractivity contribution in [1.29, 1.82) is 0 Å². The molecular weight excluding hydrogens is 326 g/mol. The summed E-state index contributed by atoms with van der Waals surface area (Å²) in [7, 11) is -2.92. The summed E-state index contributed by atoms with van der Waals surface area (Å²) in [5, 5.41) is 8.38. The highest BCUT2D eigenvalue weighted by molar-refractivity contribution is 7.91. The lowest BCUT2D eigenvalue weighted by Crippen LogP contribution is -2.23. The van der Waals surface area contributed by atoms with E-state index in [-0.39, 0.29) is 11.7 Å². The van der Waals surface area contributed by atoms with Gasteiger partial charge in [0.1, 0.15) is 5.75 Å². The molecule has 2 aliphatic heterocycles. The van der Waals surface area contributed by atoms with Crippen molar-refractivity contribution >= 4 is 9.84 Å². The summed E-state index contributed by atoms with van der Waals surface area (Å²) in [5.74, 6) is 1.51. The van der Waals surface area contributed by atoms with E-state index in [4.69, 9.17) is 4.74 Å². The SMILES string of the molecule is O=S1(=O)CCCC(c2cn(CCc3ccc4c(c3)CCO4)nn2)C1. The first-order valence-corrected chi connectivity index (χ1v) is 10.3. The maximum Gasteiger partial charge on any atom is 0.150 e. The maximum absolute atomic E-state index is 11.8. The second kappa shape index (κ2) is 6.20. The van der Waals surface area contributed by atoms with Crippen molar-refractivity contribution in [1.82, 2.24) is 15.0 Å². The molecule has 0 N–H and O–H groups in total. The lowest BCUT2D eigenvalue weighted by atomic mass is 10.0. The molecule has 4 rings (SSSR count). The second-order valence-corrected chi connectivity index (χ2v) is 8.88. The third-order valence-electron chi connectivity index (χ3n) is 4.82. The van der Waals surface area contributed by atoms with Gasteiger partial charge in [0.05, 0.1) is 23.8 Å². The minimum Gasteiger partial charge on any atom is -0.493 e. The van der Waals surface area contributed by atoms with Gasteiger partial charge < -0.3 is 4.74 Å². The molecule has 7 heteroatoms. The summed E-state index contributed by atoms with van der Waals surface area (Å²) >= 11 is 0. The summed E-state index contributed by atoms with van der Waals surface area (Å²) in [6.07, 6.45) is 5.35. The van der Waals surface area contributed by atoms with E-state index in [1.807, 2.05) is 16.9 Å². The number of fused-ring (bicyclic) bond motifs is 1. The van der Waals surface area contributed by atoms with Gasteiger partial charge in [-0.2, -0.15) is 0 Å². The maximum atomic E-state index is 11.8. The van der Waals surface area contributed by atoms with Gasteiger partial charge in [-0.25, -0.2) is 8.42 Å². The Morgan fingerprint density at radius 3 is 3.12 bits per heavy atom. The van der Waals surface area contributed by atoms with Crippen LogP contribution >= 0.6 is 0 Å². The Morgan fingerprint density at radius 1 is 1.33 bits per heavy atom. The normalized spacial score (nSPS) is 22.1. The molecule has 6 nitrogen and oxygen atoms in total. The molecule has 0 amide bonds. The predicted molar refractivity (Wildman–Crippen MR) is 90.0 cm³/mol. The smallest absolute Gasteiger partial charge is 0.150 e. The van der Waals surface area contributed by atoms with E-state index < -0.39 is 9.84 Å². The third-order valence-corrected chi connectivity index (χ3v) is 6.64. The van der Waals surface area contributed by atoms with Crippen LogP contribution in [0, 0.1) is 0 Å². The van der Waals surface area contributed by atoms with E-state index >= 15 is 0 Å². The fraction of sp³-hybridized carbons (Fsp3) is 0.529. The van der Waals surface area contributed by atoms with Crippen molar-refractivity contribution in [3.63, 3.8) is 0 Å². The summed E-state index contributed by atoms with van der Waals surface area (Å²) < 4.78 is 30.9. The molecule has 0 aliphatic carbocycles. The first-order valence-electron chi connectivity index (χ1n) is 8.44. The number of sulfone groups is 1. The van der Waals surface area contributed by atoms with Gasteiger partial charge in [-0.15, -0.1) is 5.10 Å². The van der Waals surface area contributed by atoms with Crippen LogP contribution in [-0.4, -0.2) is 41.5 Å². The number of nitrogens with zero attached hydrogens (tertiary/aromatic N) is 3. The zero-order valence-corrected chi connectivity index (χ0v) is 14.3. The van der Waals surface area contributed by atoms with E-state index in [0.717, 1.165) is 50.3 Å². The summed E-state index contributed by atoms with van der Waals surface area (Å²) in [5.41, 5.74) is 3.34. The van der Waals surface area contributed by atoms with E-state index in [9.17, 15) is 8.42 Å². The largest absolute Gasteiger partial charge is 0.493 e. The van der Waals surface area contributed by atoms with Crippen LogP contribution in [0.15, 0.2) is 24.4 Å². The molecule has 0 bridgehead atoms. The van der Waals surface area contributed by atoms with E-state index in [2.05, 4.69) is 22.4 Å². The predicted octanol–water partition coefficient (Wildman–Crippen LogP) is 1.75. The molecule has 3 heterocycles. The molecule has 0 radical (unpaired) electrons. The molecule has 1 aromatic heterocycles. The Kier molecular flexibility index (Phi) is 4.04. The first-order chi connectivity index (χ1) is 11.6. The molecule has 1 saturated heterocycles. The molecule has 1 unspecified atom stereocenters. The number of aryl methyl sites for hydroxylation is 2. The van der Waals surface area contributed by atoms with E-state index in [1.54, 1.807) is 0 Å². The Morgan fingerprint density at radius 2 is 2.25 bits per heavy atom. The van der Waals surface area contributed by atoms with E-state index in [1.165, 1.54) is 11.1 Å². The van der Waals surface area contributed by atoms with Gasteiger partial charge in [-0.1, -0.05) is 17.3 Å². The summed E-state index contributed by atoms with van der Waals surface area (Å²) in [6.45, 7) is 1.52. The van der Waals surface area contributed by atoms with Gasteiger partial charge in [-0.05, 0) is 36.5 Å². The molecule has 2 aliphatic rings. The van der Waals surface area contributed by atoms with Crippen LogP contribution in [0.2, 0.25) is 0 Å². The van der Waals surface area contributed by atoms with Crippen molar-refractivity contribution in [2.45, 2.75) is 38.1 Å². The van der Waals surface area contributed by atoms with Crippen molar-refractivity contribution < 1.29 is 13.2 Å². The Balaban J connectivity index is 1.40. The highest BCUT2D eigenvalue weighted by Gasteiger charge is 2.27. The molecule has 0 spiro atoms. The second-order valence-electron chi connectivity index (χ2n) is 6.65. The summed E-state index contributed by atoms with van der Waals surface area (Å²) in [6, 6.07) is 6.33. The third kappa shape index (κ3) is 3.31. The van der Waals surface area contributed by atoms with Gasteiger partial charge >= 0.3 is 0 Å². The number of hydrogen-bond donors (Lipinski definition) is 0. The first kappa shape index (κ1) is 15.6. The van der Waals surface area contributed by atoms with Gasteiger partial charge in [0.15, 0.2) is 9.84 Å². The quantitative estimate of drug-likeness (QED) is 0.842. The topological polar surface area (TPSA) is 74.1 Å². The molecule has 24 heavy (non-hydrogen) atoms. The van der Waals surface area contributed by atoms with Crippen LogP contribution < -0.4 is 4.74 Å². The summed E-state index contributed by atoms with van der Waals surface area (Å²) in [4.78, 5) is 0. The van der Waals surface area contributed by atoms with Gasteiger partial charge in [0.2, 0.25) is 0 Å². The minimum absolute atomic E-state index is 0.00496. The average Bonchev–Trinajstić information content (AvgIpc) is 3.20. The molecule has 1 atom stereocenters. The number of ether oxygens (including phenoxy) is 1. The molecule has 0 saturated carbocycles. The van der Waals surface area contributed by atoms with Crippen LogP contribution in [0.1, 0.15) is 35.6 Å². The average molecular weight is 347 g/mol.